The van der Waals surface area contributed by atoms with Crippen molar-refractivity contribution in [3.63, 3.8) is 0 Å². The zero-order valence-electron chi connectivity index (χ0n) is 9.67. The first kappa shape index (κ1) is 13.0. The zero-order valence-corrected chi connectivity index (χ0v) is 11.3. The van der Waals surface area contributed by atoms with E-state index in [1.54, 1.807) is 0 Å². The summed E-state index contributed by atoms with van der Waals surface area (Å²) in [5.74, 6) is -1.14. The van der Waals surface area contributed by atoms with Crippen LogP contribution < -0.4 is 5.32 Å². The number of aryl methyl sites for hydroxylation is 1. The van der Waals surface area contributed by atoms with E-state index < -0.39 is 11.6 Å². The van der Waals surface area contributed by atoms with Crippen LogP contribution in [0.3, 0.4) is 0 Å². The van der Waals surface area contributed by atoms with E-state index in [0.29, 0.717) is 12.1 Å². The van der Waals surface area contributed by atoms with E-state index in [9.17, 15) is 8.78 Å². The summed E-state index contributed by atoms with van der Waals surface area (Å²) in [7, 11) is 0. The lowest BCUT2D eigenvalue weighted by Crippen LogP contribution is -2.03. The molecule has 94 valence electrons. The molecule has 18 heavy (non-hydrogen) atoms. The Hall–Kier alpha value is -1.49. The summed E-state index contributed by atoms with van der Waals surface area (Å²) in [5.41, 5.74) is 2.21. The van der Waals surface area contributed by atoms with Gasteiger partial charge in [0.05, 0.1) is 11.4 Å². The van der Waals surface area contributed by atoms with Gasteiger partial charge < -0.3 is 5.32 Å². The molecule has 1 N–H and O–H groups in total. The van der Waals surface area contributed by atoms with Crippen LogP contribution in [0.4, 0.5) is 14.5 Å². The third-order valence-corrected chi connectivity index (χ3v) is 2.90. The Morgan fingerprint density at radius 1 is 1.17 bits per heavy atom. The Bertz CT molecular complexity index is 553. The number of hydrogen-bond donors (Lipinski definition) is 1. The van der Waals surface area contributed by atoms with Crippen LogP contribution in [0.2, 0.25) is 0 Å². The van der Waals surface area contributed by atoms with Crippen molar-refractivity contribution in [3.05, 3.63) is 57.8 Å². The molecule has 1 aromatic heterocycles. The van der Waals surface area contributed by atoms with E-state index in [0.717, 1.165) is 22.1 Å². The Labute approximate surface area is 112 Å². The fourth-order valence-corrected chi connectivity index (χ4v) is 2.03. The average molecular weight is 313 g/mol. The van der Waals surface area contributed by atoms with Crippen LogP contribution in [-0.4, -0.2) is 4.98 Å². The van der Waals surface area contributed by atoms with Crippen molar-refractivity contribution in [1.29, 1.82) is 0 Å². The predicted molar refractivity (Wildman–Crippen MR) is 70.4 cm³/mol. The van der Waals surface area contributed by atoms with Crippen molar-refractivity contribution < 1.29 is 8.78 Å². The second-order valence-electron chi connectivity index (χ2n) is 3.90. The maximum Gasteiger partial charge on any atom is 0.126 e. The number of hydrogen-bond acceptors (Lipinski definition) is 2. The summed E-state index contributed by atoms with van der Waals surface area (Å²) in [5, 5.41) is 3.09. The highest BCUT2D eigenvalue weighted by Gasteiger charge is 2.03. The second kappa shape index (κ2) is 5.44. The van der Waals surface area contributed by atoms with Gasteiger partial charge in [0.1, 0.15) is 16.2 Å². The largest absolute Gasteiger partial charge is 0.379 e. The Morgan fingerprint density at radius 3 is 2.44 bits per heavy atom. The van der Waals surface area contributed by atoms with Gasteiger partial charge in [-0.05, 0) is 52.7 Å². The van der Waals surface area contributed by atoms with Crippen LogP contribution in [0.1, 0.15) is 11.3 Å². The normalized spacial score (nSPS) is 10.4. The highest BCUT2D eigenvalue weighted by molar-refractivity contribution is 9.10. The van der Waals surface area contributed by atoms with Crippen molar-refractivity contribution in [2.45, 2.75) is 13.5 Å². The van der Waals surface area contributed by atoms with Gasteiger partial charge in [-0.3, -0.25) is 0 Å². The molecule has 1 aromatic carbocycles. The number of aromatic nitrogens is 1. The third kappa shape index (κ3) is 3.26. The van der Waals surface area contributed by atoms with E-state index in [1.165, 1.54) is 12.1 Å². The summed E-state index contributed by atoms with van der Waals surface area (Å²) < 4.78 is 26.8. The van der Waals surface area contributed by atoms with Crippen molar-refractivity contribution in [1.82, 2.24) is 4.98 Å². The molecule has 0 aliphatic rings. The lowest BCUT2D eigenvalue weighted by molar-refractivity contribution is 0.580. The molecule has 0 saturated heterocycles. The number of nitrogens with zero attached hydrogens (tertiary/aromatic N) is 1. The van der Waals surface area contributed by atoms with Gasteiger partial charge in [-0.1, -0.05) is 0 Å². The molecule has 0 fully saturated rings. The molecular weight excluding hydrogens is 302 g/mol. The molecule has 0 saturated carbocycles. The van der Waals surface area contributed by atoms with Crippen LogP contribution in [0.15, 0.2) is 34.9 Å². The first-order valence-electron chi connectivity index (χ1n) is 5.36. The molecule has 0 bridgehead atoms. The molecule has 0 spiro atoms. The van der Waals surface area contributed by atoms with Crippen molar-refractivity contribution in [2.24, 2.45) is 0 Å². The van der Waals surface area contributed by atoms with Gasteiger partial charge in [0.15, 0.2) is 0 Å². The number of anilines is 1. The molecule has 2 aromatic rings. The topological polar surface area (TPSA) is 24.9 Å². The SMILES string of the molecule is Cc1nc(Br)ccc1NCc1cc(F)cc(F)c1. The van der Waals surface area contributed by atoms with Gasteiger partial charge in [0, 0.05) is 12.6 Å². The molecule has 0 unspecified atom stereocenters. The first-order valence-corrected chi connectivity index (χ1v) is 6.16. The molecule has 0 atom stereocenters. The molecule has 5 heteroatoms. The zero-order chi connectivity index (χ0) is 13.1. The van der Waals surface area contributed by atoms with Crippen molar-refractivity contribution >= 4 is 21.6 Å². The summed E-state index contributed by atoms with van der Waals surface area (Å²) in [6, 6.07) is 7.13. The van der Waals surface area contributed by atoms with Gasteiger partial charge in [-0.2, -0.15) is 0 Å². The maximum absolute atomic E-state index is 13.0. The smallest absolute Gasteiger partial charge is 0.126 e. The summed E-state index contributed by atoms with van der Waals surface area (Å²) >= 11 is 3.27. The number of pyridine rings is 1. The molecular formula is C13H11BrF2N2. The lowest BCUT2D eigenvalue weighted by atomic mass is 10.2. The number of benzene rings is 1. The summed E-state index contributed by atoms with van der Waals surface area (Å²) in [6.45, 7) is 2.21. The molecule has 2 rings (SSSR count). The molecule has 0 aliphatic carbocycles. The van der Waals surface area contributed by atoms with Crippen LogP contribution in [0.5, 0.6) is 0 Å². The number of rotatable bonds is 3. The van der Waals surface area contributed by atoms with Gasteiger partial charge in [0.2, 0.25) is 0 Å². The molecule has 2 nitrogen and oxygen atoms in total. The van der Waals surface area contributed by atoms with Crippen LogP contribution >= 0.6 is 15.9 Å². The van der Waals surface area contributed by atoms with Crippen LogP contribution in [0, 0.1) is 18.6 Å². The van der Waals surface area contributed by atoms with Crippen LogP contribution in [0.25, 0.3) is 0 Å². The van der Waals surface area contributed by atoms with Gasteiger partial charge in [0.25, 0.3) is 0 Å². The van der Waals surface area contributed by atoms with Crippen molar-refractivity contribution in [3.8, 4) is 0 Å². The quantitative estimate of drug-likeness (QED) is 0.865. The highest BCUT2D eigenvalue weighted by atomic mass is 79.9. The van der Waals surface area contributed by atoms with E-state index >= 15 is 0 Å². The van der Waals surface area contributed by atoms with E-state index in [2.05, 4.69) is 26.2 Å². The highest BCUT2D eigenvalue weighted by Crippen LogP contribution is 2.17. The van der Waals surface area contributed by atoms with Crippen molar-refractivity contribution in [2.75, 3.05) is 5.32 Å². The first-order chi connectivity index (χ1) is 8.54. The molecule has 1 heterocycles. The minimum atomic E-state index is -0.572. The number of halogens is 3. The van der Waals surface area contributed by atoms with Crippen LogP contribution in [-0.2, 0) is 6.54 Å². The summed E-state index contributed by atoms with van der Waals surface area (Å²) in [6.07, 6.45) is 0. The fraction of sp³-hybridized carbons (Fsp3) is 0.154. The lowest BCUT2D eigenvalue weighted by Gasteiger charge is -2.09. The molecule has 0 aliphatic heterocycles. The predicted octanol–water partition coefficient (Wildman–Crippen LogP) is 4.04. The fourth-order valence-electron chi connectivity index (χ4n) is 1.63. The minimum absolute atomic E-state index is 0.346. The van der Waals surface area contributed by atoms with Gasteiger partial charge in [-0.15, -0.1) is 0 Å². The van der Waals surface area contributed by atoms with E-state index in [1.807, 2.05) is 19.1 Å². The number of nitrogens with one attached hydrogen (secondary N) is 1. The molecule has 0 radical (unpaired) electrons. The third-order valence-electron chi connectivity index (χ3n) is 2.46. The Kier molecular flexibility index (Phi) is 3.91. The van der Waals surface area contributed by atoms with E-state index in [-0.39, 0.29) is 0 Å². The van der Waals surface area contributed by atoms with E-state index in [4.69, 9.17) is 0 Å². The summed E-state index contributed by atoms with van der Waals surface area (Å²) in [4.78, 5) is 4.23. The van der Waals surface area contributed by atoms with Gasteiger partial charge >= 0.3 is 0 Å². The Balaban J connectivity index is 2.11. The Morgan fingerprint density at radius 2 is 1.83 bits per heavy atom. The minimum Gasteiger partial charge on any atom is -0.379 e. The second-order valence-corrected chi connectivity index (χ2v) is 4.71. The average Bonchev–Trinajstić information content (AvgIpc) is 2.26. The monoisotopic (exact) mass is 312 g/mol. The molecule has 0 amide bonds. The standard InChI is InChI=1S/C13H11BrF2N2/c1-8-12(2-3-13(14)18-8)17-7-9-4-10(15)6-11(16)5-9/h2-6,17H,7H2,1H3. The van der Waals surface area contributed by atoms with Gasteiger partial charge in [-0.25, -0.2) is 13.8 Å². The maximum atomic E-state index is 13.0.